The van der Waals surface area contributed by atoms with Crippen LogP contribution < -0.4 is 5.32 Å². The molecule has 2 heterocycles. The Morgan fingerprint density at radius 1 is 1.30 bits per heavy atom. The molecule has 4 heteroatoms. The van der Waals surface area contributed by atoms with E-state index in [2.05, 4.69) is 28.9 Å². The first kappa shape index (κ1) is 14.1. The molecule has 1 aromatic rings. The van der Waals surface area contributed by atoms with Crippen LogP contribution in [0.25, 0.3) is 0 Å². The maximum absolute atomic E-state index is 5.02. The first-order valence-electron chi connectivity index (χ1n) is 8.19. The minimum Gasteiger partial charge on any atom is -0.331 e. The van der Waals surface area contributed by atoms with Crippen molar-refractivity contribution in [2.75, 3.05) is 27.2 Å². The van der Waals surface area contributed by atoms with Crippen LogP contribution in [0.2, 0.25) is 0 Å². The van der Waals surface area contributed by atoms with Crippen LogP contribution in [0.4, 0.5) is 0 Å². The van der Waals surface area contributed by atoms with Gasteiger partial charge in [0.1, 0.15) is 5.82 Å². The molecule has 0 bridgehead atoms. The third kappa shape index (κ3) is 2.91. The number of rotatable bonds is 5. The number of nitrogens with zero attached hydrogens (tertiary/aromatic N) is 3. The predicted octanol–water partition coefficient (Wildman–Crippen LogP) is 2.14. The molecule has 20 heavy (non-hydrogen) atoms. The van der Waals surface area contributed by atoms with Crippen LogP contribution in [0, 0.1) is 0 Å². The number of fused-ring (bicyclic) bond motifs is 1. The third-order valence-electron chi connectivity index (χ3n) is 4.72. The Hall–Kier alpha value is -0.870. The largest absolute Gasteiger partial charge is 0.331 e. The van der Waals surface area contributed by atoms with E-state index in [4.69, 9.17) is 4.98 Å². The fourth-order valence-electron chi connectivity index (χ4n) is 3.68. The van der Waals surface area contributed by atoms with E-state index < -0.39 is 0 Å². The molecule has 0 radical (unpaired) electrons. The first-order valence-corrected chi connectivity index (χ1v) is 8.19. The van der Waals surface area contributed by atoms with Gasteiger partial charge in [0.2, 0.25) is 0 Å². The lowest BCUT2D eigenvalue weighted by molar-refractivity contribution is 0.380. The van der Waals surface area contributed by atoms with E-state index in [9.17, 15) is 0 Å². The summed E-state index contributed by atoms with van der Waals surface area (Å²) in [4.78, 5) is 7.30. The Bertz CT molecular complexity index is 444. The van der Waals surface area contributed by atoms with Crippen molar-refractivity contribution in [2.45, 2.75) is 57.5 Å². The Labute approximate surface area is 122 Å². The van der Waals surface area contributed by atoms with E-state index in [1.165, 1.54) is 49.3 Å². The average molecular weight is 276 g/mol. The summed E-state index contributed by atoms with van der Waals surface area (Å²) in [6, 6.07) is 0. The molecule has 0 atom stereocenters. The van der Waals surface area contributed by atoms with Crippen molar-refractivity contribution in [1.82, 2.24) is 19.8 Å². The smallest absolute Gasteiger partial charge is 0.112 e. The fraction of sp³-hybridized carbons (Fsp3) is 0.812. The van der Waals surface area contributed by atoms with Gasteiger partial charge >= 0.3 is 0 Å². The van der Waals surface area contributed by atoms with E-state index in [0.29, 0.717) is 0 Å². The highest BCUT2D eigenvalue weighted by Gasteiger charge is 2.26. The molecule has 0 aromatic carbocycles. The third-order valence-corrected chi connectivity index (χ3v) is 4.72. The molecule has 2 aliphatic rings. The van der Waals surface area contributed by atoms with Crippen LogP contribution in [0.15, 0.2) is 0 Å². The zero-order valence-corrected chi connectivity index (χ0v) is 13.0. The van der Waals surface area contributed by atoms with Crippen LogP contribution in [-0.2, 0) is 19.5 Å². The lowest BCUT2D eigenvalue weighted by atomic mass is 10.1. The topological polar surface area (TPSA) is 33.1 Å². The minimum absolute atomic E-state index is 0.722. The second-order valence-electron chi connectivity index (χ2n) is 6.58. The van der Waals surface area contributed by atoms with E-state index in [-0.39, 0.29) is 0 Å². The molecular weight excluding hydrogens is 248 g/mol. The van der Waals surface area contributed by atoms with Gasteiger partial charge in [-0.2, -0.15) is 0 Å². The number of hydrogen-bond donors (Lipinski definition) is 1. The Kier molecular flexibility index (Phi) is 4.41. The Balaban J connectivity index is 1.81. The van der Waals surface area contributed by atoms with E-state index in [1.54, 1.807) is 0 Å². The number of nitrogens with one attached hydrogen (secondary N) is 1. The normalized spacial score (nSPS) is 19.8. The summed E-state index contributed by atoms with van der Waals surface area (Å²) in [6.45, 7) is 4.38. The molecule has 0 amide bonds. The summed E-state index contributed by atoms with van der Waals surface area (Å²) in [6.07, 6.45) is 7.84. The van der Waals surface area contributed by atoms with Gasteiger partial charge in [0.15, 0.2) is 0 Å². The number of hydrogen-bond acceptors (Lipinski definition) is 3. The van der Waals surface area contributed by atoms with Crippen LogP contribution in [0.1, 0.15) is 55.2 Å². The summed E-state index contributed by atoms with van der Waals surface area (Å²) >= 11 is 0. The van der Waals surface area contributed by atoms with Gasteiger partial charge in [-0.3, -0.25) is 0 Å². The van der Waals surface area contributed by atoms with E-state index >= 15 is 0 Å². The van der Waals surface area contributed by atoms with Gasteiger partial charge < -0.3 is 14.8 Å². The molecule has 1 saturated carbocycles. The lowest BCUT2D eigenvalue weighted by Gasteiger charge is -2.19. The van der Waals surface area contributed by atoms with Gasteiger partial charge in [0, 0.05) is 37.7 Å². The van der Waals surface area contributed by atoms with Gasteiger partial charge in [0.05, 0.1) is 5.69 Å². The fourth-order valence-corrected chi connectivity index (χ4v) is 3.68. The summed E-state index contributed by atoms with van der Waals surface area (Å²) in [7, 11) is 4.32. The molecule has 1 aromatic heterocycles. The summed E-state index contributed by atoms with van der Waals surface area (Å²) in [5.74, 6) is 2.12. The summed E-state index contributed by atoms with van der Waals surface area (Å²) in [5, 5.41) is 3.46. The Morgan fingerprint density at radius 3 is 2.85 bits per heavy atom. The van der Waals surface area contributed by atoms with Crippen molar-refractivity contribution in [1.29, 1.82) is 0 Å². The van der Waals surface area contributed by atoms with Crippen molar-refractivity contribution in [2.24, 2.45) is 0 Å². The molecule has 4 nitrogen and oxygen atoms in total. The highest BCUT2D eigenvalue weighted by atomic mass is 15.1. The van der Waals surface area contributed by atoms with Crippen molar-refractivity contribution in [3.8, 4) is 0 Å². The standard InChI is InChI=1S/C16H28N4/c1-19(2)10-5-11-20-15-8-9-17-12-14(15)18-16(20)13-6-3-4-7-13/h13,17H,3-12H2,1-2H3. The number of imidazole rings is 1. The van der Waals surface area contributed by atoms with Crippen molar-refractivity contribution in [3.63, 3.8) is 0 Å². The molecule has 0 unspecified atom stereocenters. The predicted molar refractivity (Wildman–Crippen MR) is 82.0 cm³/mol. The molecule has 1 aliphatic heterocycles. The van der Waals surface area contributed by atoms with E-state index in [0.717, 1.165) is 38.5 Å². The molecule has 1 fully saturated rings. The van der Waals surface area contributed by atoms with Gasteiger partial charge in [-0.25, -0.2) is 4.98 Å². The maximum atomic E-state index is 5.02. The van der Waals surface area contributed by atoms with Gasteiger partial charge in [-0.15, -0.1) is 0 Å². The highest BCUT2D eigenvalue weighted by Crippen LogP contribution is 2.35. The quantitative estimate of drug-likeness (QED) is 0.894. The van der Waals surface area contributed by atoms with Crippen LogP contribution >= 0.6 is 0 Å². The lowest BCUT2D eigenvalue weighted by Crippen LogP contribution is -2.25. The number of aromatic nitrogens is 2. The van der Waals surface area contributed by atoms with Gasteiger partial charge in [0.25, 0.3) is 0 Å². The zero-order valence-electron chi connectivity index (χ0n) is 13.0. The molecular formula is C16H28N4. The monoisotopic (exact) mass is 276 g/mol. The van der Waals surface area contributed by atoms with Gasteiger partial charge in [-0.05, 0) is 39.9 Å². The highest BCUT2D eigenvalue weighted by molar-refractivity contribution is 5.22. The SMILES string of the molecule is CN(C)CCCn1c(C2CCCC2)nc2c1CCNC2. The van der Waals surface area contributed by atoms with Crippen LogP contribution in [-0.4, -0.2) is 41.6 Å². The van der Waals surface area contributed by atoms with Crippen molar-refractivity contribution in [3.05, 3.63) is 17.2 Å². The molecule has 0 spiro atoms. The molecule has 3 rings (SSSR count). The second kappa shape index (κ2) is 6.27. The first-order chi connectivity index (χ1) is 9.75. The van der Waals surface area contributed by atoms with Crippen LogP contribution in [0.5, 0.6) is 0 Å². The van der Waals surface area contributed by atoms with E-state index in [1.807, 2.05) is 0 Å². The molecule has 0 saturated heterocycles. The summed E-state index contributed by atoms with van der Waals surface area (Å²) in [5.41, 5.74) is 2.84. The Morgan fingerprint density at radius 2 is 2.10 bits per heavy atom. The van der Waals surface area contributed by atoms with Crippen molar-refractivity contribution < 1.29 is 0 Å². The zero-order chi connectivity index (χ0) is 13.9. The second-order valence-corrected chi connectivity index (χ2v) is 6.58. The molecule has 112 valence electrons. The molecule has 1 aliphatic carbocycles. The summed E-state index contributed by atoms with van der Waals surface area (Å²) < 4.78 is 2.58. The maximum Gasteiger partial charge on any atom is 0.112 e. The molecule has 1 N–H and O–H groups in total. The van der Waals surface area contributed by atoms with Gasteiger partial charge in [-0.1, -0.05) is 12.8 Å². The van der Waals surface area contributed by atoms with Crippen molar-refractivity contribution >= 4 is 0 Å². The van der Waals surface area contributed by atoms with Crippen LogP contribution in [0.3, 0.4) is 0 Å². The minimum atomic E-state index is 0.722. The average Bonchev–Trinajstić information content (AvgIpc) is 3.05.